The molecule has 5 rings (SSSR count). The van der Waals surface area contributed by atoms with Crippen molar-refractivity contribution in [1.29, 1.82) is 0 Å². The van der Waals surface area contributed by atoms with Crippen LogP contribution in [0.15, 0.2) is 90.4 Å². The monoisotopic (exact) mass is 451 g/mol. The van der Waals surface area contributed by atoms with Crippen molar-refractivity contribution in [2.45, 2.75) is 32.7 Å². The van der Waals surface area contributed by atoms with E-state index in [0.29, 0.717) is 11.6 Å². The zero-order chi connectivity index (χ0) is 24.5. The Hall–Kier alpha value is -3.78. The first-order valence-electron chi connectivity index (χ1n) is 11.6. The van der Waals surface area contributed by atoms with Gasteiger partial charge >= 0.3 is 0 Å². The van der Waals surface area contributed by atoms with Gasteiger partial charge in [0.1, 0.15) is 17.8 Å². The number of nitrogens with one attached hydrogen (secondary N) is 2. The van der Waals surface area contributed by atoms with E-state index >= 15 is 0 Å². The Morgan fingerprint density at radius 1 is 1.00 bits per heavy atom. The first-order chi connectivity index (χ1) is 16.5. The van der Waals surface area contributed by atoms with Gasteiger partial charge < -0.3 is 10.6 Å². The predicted octanol–water partition coefficient (Wildman–Crippen LogP) is 5.89. The van der Waals surface area contributed by atoms with Crippen LogP contribution in [0, 0.1) is 24.6 Å². The minimum Gasteiger partial charge on any atom is -0.363 e. The third kappa shape index (κ3) is 6.39. The molecule has 1 aliphatic carbocycles. The van der Waals surface area contributed by atoms with E-state index in [1.165, 1.54) is 18.9 Å². The third-order valence-electron chi connectivity index (χ3n) is 5.72. The van der Waals surface area contributed by atoms with Crippen molar-refractivity contribution >= 4 is 29.4 Å². The van der Waals surface area contributed by atoms with Crippen molar-refractivity contribution in [3.05, 3.63) is 102 Å². The number of rotatable bonds is 4. The number of aliphatic imine (C=N–C) groups is 1. The average molecular weight is 451 g/mol. The van der Waals surface area contributed by atoms with Gasteiger partial charge in [0.25, 0.3) is 0 Å². The zero-order valence-corrected chi connectivity index (χ0v) is 19.8. The molecule has 0 bridgehead atoms. The summed E-state index contributed by atoms with van der Waals surface area (Å²) in [5.41, 5.74) is 4.66. The van der Waals surface area contributed by atoms with E-state index in [4.69, 9.17) is 4.99 Å². The molecule has 34 heavy (non-hydrogen) atoms. The van der Waals surface area contributed by atoms with Crippen molar-refractivity contribution in [3.8, 4) is 12.8 Å². The van der Waals surface area contributed by atoms with Crippen LogP contribution in [0.25, 0.3) is 5.70 Å². The summed E-state index contributed by atoms with van der Waals surface area (Å²) in [7, 11) is 0. The number of amidine groups is 1. The van der Waals surface area contributed by atoms with Crippen LogP contribution in [0.4, 0.5) is 10.1 Å². The van der Waals surface area contributed by atoms with Crippen LogP contribution in [0.2, 0.25) is 13.6 Å². The summed E-state index contributed by atoms with van der Waals surface area (Å²) in [5.74, 6) is 1.14. The molecule has 1 saturated carbocycles. The Balaban J connectivity index is 0.000000348. The van der Waals surface area contributed by atoms with Crippen molar-refractivity contribution in [2.24, 2.45) is 10.9 Å². The summed E-state index contributed by atoms with van der Waals surface area (Å²) < 4.78 is 13.9. The van der Waals surface area contributed by atoms with E-state index in [1.54, 1.807) is 6.07 Å². The lowest BCUT2D eigenvalue weighted by Crippen LogP contribution is -2.36. The molecule has 0 radical (unpaired) electrons. The number of nitrogens with zero attached hydrogens (tertiary/aromatic N) is 1. The summed E-state index contributed by atoms with van der Waals surface area (Å²) in [6.45, 7) is 8.67. The van der Waals surface area contributed by atoms with Crippen molar-refractivity contribution in [3.63, 3.8) is 0 Å². The molecule has 0 saturated heterocycles. The second-order valence-electron chi connectivity index (χ2n) is 8.59. The SMILES string of the molecule is C#C.C=C(NC1=NC(C2CC2)Nc2ccccc21)c1cc(F)ccc1B(C)C.c1ccccc1. The highest BCUT2D eigenvalue weighted by Gasteiger charge is 2.34. The molecule has 0 spiro atoms. The largest absolute Gasteiger partial charge is 0.363 e. The second kappa shape index (κ2) is 11.9. The van der Waals surface area contributed by atoms with E-state index in [0.717, 1.165) is 28.1 Å². The van der Waals surface area contributed by atoms with Crippen LogP contribution in [-0.4, -0.2) is 18.7 Å². The molecule has 1 atom stereocenters. The van der Waals surface area contributed by atoms with E-state index in [-0.39, 0.29) is 18.7 Å². The number of hydrogen-bond acceptors (Lipinski definition) is 3. The number of anilines is 1. The molecule has 172 valence electrons. The molecule has 3 nitrogen and oxygen atoms in total. The molecule has 1 fully saturated rings. The molecule has 0 aromatic heterocycles. The van der Waals surface area contributed by atoms with Crippen molar-refractivity contribution in [2.75, 3.05) is 5.32 Å². The minimum absolute atomic E-state index is 0.0947. The highest BCUT2D eigenvalue weighted by Crippen LogP contribution is 2.37. The maximum Gasteiger partial charge on any atom is 0.170 e. The zero-order valence-electron chi connectivity index (χ0n) is 19.8. The van der Waals surface area contributed by atoms with Crippen LogP contribution in [0.1, 0.15) is 24.0 Å². The molecule has 0 amide bonds. The number of benzene rings is 3. The molecular formula is C29H31BFN3. The van der Waals surface area contributed by atoms with E-state index in [9.17, 15) is 4.39 Å². The summed E-state index contributed by atoms with van der Waals surface area (Å²) >= 11 is 0. The van der Waals surface area contributed by atoms with Gasteiger partial charge in [-0.2, -0.15) is 0 Å². The van der Waals surface area contributed by atoms with Crippen molar-refractivity contribution < 1.29 is 4.39 Å². The number of fused-ring (bicyclic) bond motifs is 1. The topological polar surface area (TPSA) is 36.4 Å². The molecule has 5 heteroatoms. The number of terminal acetylenes is 1. The van der Waals surface area contributed by atoms with Gasteiger partial charge in [-0.1, -0.05) is 80.3 Å². The Bertz CT molecular complexity index is 1120. The number of halogens is 1. The van der Waals surface area contributed by atoms with Gasteiger partial charge in [-0.05, 0) is 48.6 Å². The quantitative estimate of drug-likeness (QED) is 0.383. The van der Waals surface area contributed by atoms with E-state index in [1.807, 2.05) is 60.7 Å². The van der Waals surface area contributed by atoms with Gasteiger partial charge in [0.15, 0.2) is 6.71 Å². The maximum atomic E-state index is 13.9. The summed E-state index contributed by atoms with van der Waals surface area (Å²) in [6, 6.07) is 25.0. The lowest BCUT2D eigenvalue weighted by atomic mass is 9.48. The molecule has 3 aromatic carbocycles. The summed E-state index contributed by atoms with van der Waals surface area (Å²) in [5, 5.41) is 6.90. The van der Waals surface area contributed by atoms with E-state index in [2.05, 4.69) is 49.8 Å². The van der Waals surface area contributed by atoms with Crippen LogP contribution < -0.4 is 16.1 Å². The lowest BCUT2D eigenvalue weighted by molar-refractivity contribution is 0.627. The van der Waals surface area contributed by atoms with Crippen LogP contribution in [-0.2, 0) is 0 Å². The molecule has 1 aliphatic heterocycles. The number of para-hydroxylation sites is 1. The van der Waals surface area contributed by atoms with Crippen LogP contribution in [0.3, 0.4) is 0 Å². The van der Waals surface area contributed by atoms with Crippen molar-refractivity contribution in [1.82, 2.24) is 5.32 Å². The second-order valence-corrected chi connectivity index (χ2v) is 8.59. The third-order valence-corrected chi connectivity index (χ3v) is 5.72. The molecule has 3 aromatic rings. The maximum absolute atomic E-state index is 13.9. The van der Waals surface area contributed by atoms with Crippen LogP contribution >= 0.6 is 0 Å². The number of hydrogen-bond donors (Lipinski definition) is 2. The Morgan fingerprint density at radius 3 is 2.21 bits per heavy atom. The molecule has 1 heterocycles. The Labute approximate surface area is 203 Å². The van der Waals surface area contributed by atoms with Gasteiger partial charge in [-0.3, -0.25) is 0 Å². The smallest absolute Gasteiger partial charge is 0.170 e. The average Bonchev–Trinajstić information content (AvgIpc) is 3.72. The molecular weight excluding hydrogens is 420 g/mol. The van der Waals surface area contributed by atoms with Gasteiger partial charge in [-0.15, -0.1) is 12.8 Å². The van der Waals surface area contributed by atoms with Gasteiger partial charge in [0, 0.05) is 16.9 Å². The fraction of sp³-hybridized carbons (Fsp3) is 0.207. The standard InChI is InChI=1S/C21H23BFN3.C6H6.C2H2/c1-13(17-12-15(23)10-11-18(17)22(2)3)24-21-16-6-4-5-7-19(16)25-20(26-21)14-8-9-14;1-2-4-6-5-3-1;1-2/h4-7,10-12,14,20,25H,1,8-9H2,2-3H3,(H,24,26);1-6H;1-2H. The summed E-state index contributed by atoms with van der Waals surface area (Å²) in [6.07, 6.45) is 10.5. The Morgan fingerprint density at radius 2 is 1.62 bits per heavy atom. The first-order valence-corrected chi connectivity index (χ1v) is 11.6. The fourth-order valence-electron chi connectivity index (χ4n) is 3.84. The van der Waals surface area contributed by atoms with Gasteiger partial charge in [0.05, 0.1) is 0 Å². The van der Waals surface area contributed by atoms with Gasteiger partial charge in [-0.25, -0.2) is 9.38 Å². The Kier molecular flexibility index (Phi) is 8.70. The van der Waals surface area contributed by atoms with E-state index < -0.39 is 0 Å². The molecule has 2 N–H and O–H groups in total. The first kappa shape index (κ1) is 24.9. The fourth-order valence-corrected chi connectivity index (χ4v) is 3.84. The normalized spacial score (nSPS) is 15.6. The highest BCUT2D eigenvalue weighted by atomic mass is 19.1. The van der Waals surface area contributed by atoms with Crippen LogP contribution in [0.5, 0.6) is 0 Å². The summed E-state index contributed by atoms with van der Waals surface area (Å²) in [4.78, 5) is 4.89. The molecule has 1 unspecified atom stereocenters. The van der Waals surface area contributed by atoms with Gasteiger partial charge in [0.2, 0.25) is 0 Å². The lowest BCUT2D eigenvalue weighted by Gasteiger charge is -2.27. The minimum atomic E-state index is -0.254. The predicted molar refractivity (Wildman–Crippen MR) is 145 cm³/mol. The highest BCUT2D eigenvalue weighted by molar-refractivity contribution is 6.71. The molecule has 2 aliphatic rings.